The maximum absolute atomic E-state index is 13.2. The van der Waals surface area contributed by atoms with Crippen molar-refractivity contribution in [3.8, 4) is 17.2 Å². The normalized spacial score (nSPS) is 15.9. The predicted octanol–water partition coefficient (Wildman–Crippen LogP) is 3.90. The molecule has 1 saturated heterocycles. The minimum absolute atomic E-state index is 0.00163. The highest BCUT2D eigenvalue weighted by Crippen LogP contribution is 2.32. The molecule has 0 aliphatic carbocycles. The van der Waals surface area contributed by atoms with Gasteiger partial charge in [-0.25, -0.2) is 4.98 Å². The standard InChI is InChI=1S/C22H24N2O5S/c1-26-15-9-10-20-17(12-15)23-22(30-20)24(13-16-6-5-11-28-16)21(25)14-29-19-8-4-3-7-18(19)27-2/h3-4,7-10,12,16H,5-6,11,13-14H2,1-2H3. The van der Waals surface area contributed by atoms with Gasteiger partial charge in [-0.2, -0.15) is 0 Å². The van der Waals surface area contributed by atoms with E-state index in [9.17, 15) is 4.79 Å². The molecule has 1 aromatic heterocycles. The maximum atomic E-state index is 13.2. The van der Waals surface area contributed by atoms with Crippen LogP contribution in [0.25, 0.3) is 10.2 Å². The Labute approximate surface area is 179 Å². The molecule has 30 heavy (non-hydrogen) atoms. The molecule has 1 atom stereocenters. The van der Waals surface area contributed by atoms with Gasteiger partial charge in [-0.1, -0.05) is 23.5 Å². The highest BCUT2D eigenvalue weighted by molar-refractivity contribution is 7.22. The van der Waals surface area contributed by atoms with Crippen molar-refractivity contribution in [1.29, 1.82) is 0 Å². The molecule has 4 rings (SSSR count). The number of nitrogens with zero attached hydrogens (tertiary/aromatic N) is 2. The largest absolute Gasteiger partial charge is 0.497 e. The average Bonchev–Trinajstić information content (AvgIpc) is 3.44. The SMILES string of the molecule is COc1ccc2sc(N(CC3CCCO3)C(=O)COc3ccccc3OC)nc2c1. The number of thiazole rings is 1. The molecule has 2 heterocycles. The summed E-state index contributed by atoms with van der Waals surface area (Å²) < 4.78 is 23.1. The number of carbonyl (C=O) groups is 1. The van der Waals surface area contributed by atoms with Crippen LogP contribution in [-0.4, -0.2) is 51.0 Å². The number of rotatable bonds is 8. The number of hydrogen-bond acceptors (Lipinski definition) is 7. The van der Waals surface area contributed by atoms with Gasteiger partial charge in [0, 0.05) is 12.7 Å². The summed E-state index contributed by atoms with van der Waals surface area (Å²) >= 11 is 1.47. The fourth-order valence-electron chi connectivity index (χ4n) is 3.37. The van der Waals surface area contributed by atoms with Crippen molar-refractivity contribution in [2.45, 2.75) is 18.9 Å². The zero-order valence-electron chi connectivity index (χ0n) is 17.0. The van der Waals surface area contributed by atoms with E-state index in [2.05, 4.69) is 4.98 Å². The van der Waals surface area contributed by atoms with Gasteiger partial charge in [-0.15, -0.1) is 0 Å². The average molecular weight is 429 g/mol. The van der Waals surface area contributed by atoms with Gasteiger partial charge >= 0.3 is 0 Å². The van der Waals surface area contributed by atoms with Crippen LogP contribution in [0.4, 0.5) is 5.13 Å². The van der Waals surface area contributed by atoms with Crippen molar-refractivity contribution in [2.75, 3.05) is 38.9 Å². The van der Waals surface area contributed by atoms with Crippen molar-refractivity contribution >= 4 is 32.6 Å². The van der Waals surface area contributed by atoms with E-state index in [1.165, 1.54) is 11.3 Å². The number of amides is 1. The Bertz CT molecular complexity index is 1020. The zero-order chi connectivity index (χ0) is 20.9. The Morgan fingerprint density at radius 2 is 2.03 bits per heavy atom. The summed E-state index contributed by atoms with van der Waals surface area (Å²) in [6, 6.07) is 13.0. The summed E-state index contributed by atoms with van der Waals surface area (Å²) in [6.45, 7) is 1.05. The number of fused-ring (bicyclic) bond motifs is 1. The molecule has 1 unspecified atom stereocenters. The minimum atomic E-state index is -0.178. The first-order chi connectivity index (χ1) is 14.7. The lowest BCUT2D eigenvalue weighted by molar-refractivity contribution is -0.121. The van der Waals surface area contributed by atoms with Crippen molar-refractivity contribution in [3.63, 3.8) is 0 Å². The fraction of sp³-hybridized carbons (Fsp3) is 0.364. The van der Waals surface area contributed by atoms with Crippen molar-refractivity contribution < 1.29 is 23.7 Å². The number of ether oxygens (including phenoxy) is 4. The van der Waals surface area contributed by atoms with E-state index in [-0.39, 0.29) is 18.6 Å². The second-order valence-corrected chi connectivity index (χ2v) is 7.92. The van der Waals surface area contributed by atoms with Gasteiger partial charge in [0.25, 0.3) is 5.91 Å². The van der Waals surface area contributed by atoms with Crippen LogP contribution in [-0.2, 0) is 9.53 Å². The third-order valence-corrected chi connectivity index (χ3v) is 6.01. The van der Waals surface area contributed by atoms with Crippen LogP contribution in [0.15, 0.2) is 42.5 Å². The van der Waals surface area contributed by atoms with Crippen molar-refractivity contribution in [2.24, 2.45) is 0 Å². The second-order valence-electron chi connectivity index (χ2n) is 6.91. The number of para-hydroxylation sites is 2. The number of benzene rings is 2. The van der Waals surface area contributed by atoms with Gasteiger partial charge in [0.2, 0.25) is 0 Å². The van der Waals surface area contributed by atoms with Crippen molar-refractivity contribution in [3.05, 3.63) is 42.5 Å². The molecular weight excluding hydrogens is 404 g/mol. The molecule has 8 heteroatoms. The minimum Gasteiger partial charge on any atom is -0.497 e. The van der Waals surface area contributed by atoms with E-state index in [0.717, 1.165) is 35.4 Å². The molecule has 0 radical (unpaired) electrons. The molecule has 2 aromatic carbocycles. The second kappa shape index (κ2) is 9.32. The smallest absolute Gasteiger partial charge is 0.266 e. The Morgan fingerprint density at radius 1 is 1.20 bits per heavy atom. The van der Waals surface area contributed by atoms with E-state index in [0.29, 0.717) is 23.2 Å². The van der Waals surface area contributed by atoms with E-state index < -0.39 is 0 Å². The van der Waals surface area contributed by atoms with Crippen molar-refractivity contribution in [1.82, 2.24) is 4.98 Å². The van der Waals surface area contributed by atoms with Gasteiger partial charge < -0.3 is 18.9 Å². The van der Waals surface area contributed by atoms with Gasteiger partial charge in [0.15, 0.2) is 23.2 Å². The molecule has 1 amide bonds. The molecule has 0 saturated carbocycles. The van der Waals surface area contributed by atoms with Gasteiger partial charge in [0.1, 0.15) is 5.75 Å². The van der Waals surface area contributed by atoms with Crippen LogP contribution in [0.3, 0.4) is 0 Å². The topological polar surface area (TPSA) is 70.1 Å². The molecule has 1 aliphatic rings. The Kier molecular flexibility index (Phi) is 6.35. The quantitative estimate of drug-likeness (QED) is 0.542. The van der Waals surface area contributed by atoms with Gasteiger partial charge in [-0.05, 0) is 37.1 Å². The first-order valence-corrected chi connectivity index (χ1v) is 10.6. The lowest BCUT2D eigenvalue weighted by Gasteiger charge is -2.23. The lowest BCUT2D eigenvalue weighted by atomic mass is 10.2. The van der Waals surface area contributed by atoms with Crippen LogP contribution in [0.2, 0.25) is 0 Å². The molecule has 0 bridgehead atoms. The molecule has 158 valence electrons. The number of methoxy groups -OCH3 is 2. The van der Waals surface area contributed by atoms with Gasteiger partial charge in [-0.3, -0.25) is 9.69 Å². The highest BCUT2D eigenvalue weighted by Gasteiger charge is 2.26. The zero-order valence-corrected chi connectivity index (χ0v) is 17.8. The van der Waals surface area contributed by atoms with Crippen LogP contribution in [0.5, 0.6) is 17.2 Å². The third kappa shape index (κ3) is 4.49. The Balaban J connectivity index is 1.56. The monoisotopic (exact) mass is 428 g/mol. The highest BCUT2D eigenvalue weighted by atomic mass is 32.1. The van der Waals surface area contributed by atoms with Crippen LogP contribution in [0, 0.1) is 0 Å². The van der Waals surface area contributed by atoms with E-state index in [4.69, 9.17) is 18.9 Å². The Hall–Kier alpha value is -2.84. The fourth-order valence-corrected chi connectivity index (χ4v) is 4.34. The number of hydrogen-bond donors (Lipinski definition) is 0. The van der Waals surface area contributed by atoms with E-state index in [1.54, 1.807) is 31.3 Å². The lowest BCUT2D eigenvalue weighted by Crippen LogP contribution is -2.40. The molecule has 3 aromatic rings. The third-order valence-electron chi connectivity index (χ3n) is 4.95. The number of aromatic nitrogens is 1. The summed E-state index contributed by atoms with van der Waals surface area (Å²) in [5, 5.41) is 0.627. The first-order valence-electron chi connectivity index (χ1n) is 9.80. The first kappa shape index (κ1) is 20.4. The summed E-state index contributed by atoms with van der Waals surface area (Å²) in [6.07, 6.45) is 1.93. The predicted molar refractivity (Wildman–Crippen MR) is 116 cm³/mol. The summed E-state index contributed by atoms with van der Waals surface area (Å²) in [7, 11) is 3.19. The molecule has 0 N–H and O–H groups in total. The van der Waals surface area contributed by atoms with Crippen LogP contribution >= 0.6 is 11.3 Å². The molecule has 1 fully saturated rings. The molecule has 0 spiro atoms. The van der Waals surface area contributed by atoms with Crippen LogP contribution < -0.4 is 19.1 Å². The van der Waals surface area contributed by atoms with E-state index in [1.807, 2.05) is 30.3 Å². The summed E-state index contributed by atoms with van der Waals surface area (Å²) in [4.78, 5) is 19.5. The molecule has 1 aliphatic heterocycles. The maximum Gasteiger partial charge on any atom is 0.266 e. The molecular formula is C22H24N2O5S. The summed E-state index contributed by atoms with van der Waals surface area (Å²) in [5.41, 5.74) is 0.796. The number of anilines is 1. The van der Waals surface area contributed by atoms with Crippen LogP contribution in [0.1, 0.15) is 12.8 Å². The van der Waals surface area contributed by atoms with Gasteiger partial charge in [0.05, 0.1) is 37.1 Å². The molecule has 7 nitrogen and oxygen atoms in total. The summed E-state index contributed by atoms with van der Waals surface area (Å²) in [5.74, 6) is 1.67. The van der Waals surface area contributed by atoms with E-state index >= 15 is 0 Å². The Morgan fingerprint density at radius 3 is 2.77 bits per heavy atom. The number of carbonyl (C=O) groups excluding carboxylic acids is 1.